The Morgan fingerprint density at radius 3 is 2.22 bits per heavy atom. The summed E-state index contributed by atoms with van der Waals surface area (Å²) in [7, 11) is 3.05. The van der Waals surface area contributed by atoms with Gasteiger partial charge < -0.3 is 14.2 Å². The van der Waals surface area contributed by atoms with Gasteiger partial charge in [-0.2, -0.15) is 0 Å². The first kappa shape index (κ1) is 22.4. The fourth-order valence-electron chi connectivity index (χ4n) is 2.94. The molecule has 0 spiro atoms. The van der Waals surface area contributed by atoms with E-state index in [-0.39, 0.29) is 6.61 Å². The zero-order valence-corrected chi connectivity index (χ0v) is 17.8. The highest BCUT2D eigenvalue weighted by Crippen LogP contribution is 2.31. The molecule has 0 saturated heterocycles. The average Bonchev–Trinajstić information content (AvgIpc) is 2.85. The van der Waals surface area contributed by atoms with Gasteiger partial charge in [-0.25, -0.2) is 0 Å². The maximum Gasteiger partial charge on any atom is 0.276 e. The number of para-hydroxylation sites is 1. The van der Waals surface area contributed by atoms with E-state index in [4.69, 9.17) is 14.2 Å². The lowest BCUT2D eigenvalue weighted by molar-refractivity contribution is -0.128. The predicted molar refractivity (Wildman–Crippen MR) is 122 cm³/mol. The van der Waals surface area contributed by atoms with Gasteiger partial charge in [0, 0.05) is 11.6 Å². The van der Waals surface area contributed by atoms with Gasteiger partial charge in [0.25, 0.3) is 11.8 Å². The second-order valence-electron chi connectivity index (χ2n) is 6.63. The second-order valence-corrected chi connectivity index (χ2v) is 6.63. The molecule has 0 aliphatic rings. The van der Waals surface area contributed by atoms with Gasteiger partial charge in [-0.1, -0.05) is 54.6 Å². The molecule has 0 unspecified atom stereocenters. The molecule has 3 aromatic rings. The topological polar surface area (TPSA) is 85.9 Å². The number of benzene rings is 3. The fourth-order valence-corrected chi connectivity index (χ4v) is 2.94. The van der Waals surface area contributed by atoms with Crippen LogP contribution in [0.15, 0.2) is 78.9 Å². The van der Waals surface area contributed by atoms with Crippen LogP contribution in [0.3, 0.4) is 0 Å². The van der Waals surface area contributed by atoms with Crippen LogP contribution >= 0.6 is 0 Å². The quantitative estimate of drug-likeness (QED) is 0.420. The van der Waals surface area contributed by atoms with Crippen LogP contribution in [0.2, 0.25) is 0 Å². The van der Waals surface area contributed by atoms with Gasteiger partial charge in [-0.3, -0.25) is 20.4 Å². The maximum absolute atomic E-state index is 12.0. The third-order valence-corrected chi connectivity index (χ3v) is 4.50. The maximum atomic E-state index is 12.0. The largest absolute Gasteiger partial charge is 0.493 e. The summed E-state index contributed by atoms with van der Waals surface area (Å²) in [5.41, 5.74) is 7.42. The summed E-state index contributed by atoms with van der Waals surface area (Å²) in [4.78, 5) is 24.0. The van der Waals surface area contributed by atoms with Gasteiger partial charge in [0.1, 0.15) is 5.75 Å². The van der Waals surface area contributed by atoms with Crippen LogP contribution < -0.4 is 25.1 Å². The van der Waals surface area contributed by atoms with E-state index in [1.807, 2.05) is 42.5 Å². The highest BCUT2D eigenvalue weighted by atomic mass is 16.5. The molecule has 0 aliphatic heterocycles. The number of amides is 2. The van der Waals surface area contributed by atoms with Gasteiger partial charge in [0.15, 0.2) is 18.1 Å². The van der Waals surface area contributed by atoms with Crippen molar-refractivity contribution in [3.8, 4) is 28.4 Å². The molecule has 0 aromatic heterocycles. The summed E-state index contributed by atoms with van der Waals surface area (Å²) < 4.78 is 16.0. The summed E-state index contributed by atoms with van der Waals surface area (Å²) in [6, 6.07) is 22.7. The molecule has 0 heterocycles. The van der Waals surface area contributed by atoms with E-state index < -0.39 is 11.8 Å². The molecule has 32 heavy (non-hydrogen) atoms. The predicted octanol–water partition coefficient (Wildman–Crippen LogP) is 3.61. The summed E-state index contributed by atoms with van der Waals surface area (Å²) in [5, 5.41) is 0. The average molecular weight is 432 g/mol. The van der Waals surface area contributed by atoms with Crippen LogP contribution in [0.1, 0.15) is 5.56 Å². The number of rotatable bonds is 8. The SMILES string of the molecule is COc1cccc(C=CC(=O)NNC(=O)COc2ccc(-c3ccccc3)cc2)c1OC. The number of hydrazine groups is 1. The smallest absolute Gasteiger partial charge is 0.276 e. The molecule has 3 rings (SSSR count). The molecule has 164 valence electrons. The molecule has 0 fully saturated rings. The third kappa shape index (κ3) is 6.12. The Balaban J connectivity index is 1.46. The molecular weight excluding hydrogens is 408 g/mol. The number of ether oxygens (including phenoxy) is 3. The zero-order valence-electron chi connectivity index (χ0n) is 17.8. The van der Waals surface area contributed by atoms with Gasteiger partial charge in [0.2, 0.25) is 0 Å². The molecule has 0 bridgehead atoms. The number of nitrogens with one attached hydrogen (secondary N) is 2. The molecule has 2 amide bonds. The normalized spacial score (nSPS) is 10.4. The van der Waals surface area contributed by atoms with Crippen LogP contribution in [0.4, 0.5) is 0 Å². The van der Waals surface area contributed by atoms with Gasteiger partial charge in [0.05, 0.1) is 14.2 Å². The number of carbonyl (C=O) groups is 2. The van der Waals surface area contributed by atoms with Crippen LogP contribution in [0.25, 0.3) is 17.2 Å². The van der Waals surface area contributed by atoms with E-state index in [2.05, 4.69) is 10.9 Å². The van der Waals surface area contributed by atoms with Crippen molar-refractivity contribution in [2.24, 2.45) is 0 Å². The lowest BCUT2D eigenvalue weighted by Gasteiger charge is -2.10. The van der Waals surface area contributed by atoms with E-state index in [0.29, 0.717) is 22.8 Å². The fraction of sp³-hybridized carbons (Fsp3) is 0.120. The Morgan fingerprint density at radius 2 is 1.53 bits per heavy atom. The Kier molecular flexibility index (Phi) is 7.86. The Bertz CT molecular complexity index is 1080. The second kappa shape index (κ2) is 11.2. The van der Waals surface area contributed by atoms with Gasteiger partial charge >= 0.3 is 0 Å². The van der Waals surface area contributed by atoms with Crippen molar-refractivity contribution in [1.82, 2.24) is 10.9 Å². The molecule has 0 aliphatic carbocycles. The molecular formula is C25H24N2O5. The van der Waals surface area contributed by atoms with Crippen LogP contribution in [-0.4, -0.2) is 32.6 Å². The first-order valence-electron chi connectivity index (χ1n) is 9.87. The van der Waals surface area contributed by atoms with Crippen LogP contribution in [-0.2, 0) is 9.59 Å². The summed E-state index contributed by atoms with van der Waals surface area (Å²) >= 11 is 0. The highest BCUT2D eigenvalue weighted by molar-refractivity contribution is 5.93. The molecule has 0 radical (unpaired) electrons. The van der Waals surface area contributed by atoms with Crippen LogP contribution in [0, 0.1) is 0 Å². The minimum Gasteiger partial charge on any atom is -0.493 e. The van der Waals surface area contributed by atoms with Crippen molar-refractivity contribution >= 4 is 17.9 Å². The first-order valence-corrected chi connectivity index (χ1v) is 9.87. The van der Waals surface area contributed by atoms with Gasteiger partial charge in [-0.05, 0) is 35.4 Å². The third-order valence-electron chi connectivity index (χ3n) is 4.50. The van der Waals surface area contributed by atoms with Crippen LogP contribution in [0.5, 0.6) is 17.2 Å². The lowest BCUT2D eigenvalue weighted by atomic mass is 10.1. The summed E-state index contributed by atoms with van der Waals surface area (Å²) in [6.45, 7) is -0.238. The Labute approximate surface area is 186 Å². The summed E-state index contributed by atoms with van der Waals surface area (Å²) in [5.74, 6) is 0.622. The number of hydrogen-bond donors (Lipinski definition) is 2. The molecule has 0 saturated carbocycles. The minimum absolute atomic E-state index is 0.238. The van der Waals surface area contributed by atoms with Crippen molar-refractivity contribution in [1.29, 1.82) is 0 Å². The lowest BCUT2D eigenvalue weighted by Crippen LogP contribution is -2.43. The standard InChI is InChI=1S/C25H24N2O5/c1-30-22-10-6-9-20(25(22)31-2)13-16-23(28)26-27-24(29)17-32-21-14-11-19(12-15-21)18-7-4-3-5-8-18/h3-16H,17H2,1-2H3,(H,26,28)(H,27,29). The number of hydrogen-bond acceptors (Lipinski definition) is 5. The molecule has 3 aromatic carbocycles. The highest BCUT2D eigenvalue weighted by Gasteiger charge is 2.08. The monoisotopic (exact) mass is 432 g/mol. The van der Waals surface area contributed by atoms with Crippen molar-refractivity contribution in [3.05, 3.63) is 84.4 Å². The number of methoxy groups -OCH3 is 2. The van der Waals surface area contributed by atoms with E-state index >= 15 is 0 Å². The summed E-state index contributed by atoms with van der Waals surface area (Å²) in [6.07, 6.45) is 2.84. The number of carbonyl (C=O) groups excluding carboxylic acids is 2. The Morgan fingerprint density at radius 1 is 0.812 bits per heavy atom. The molecule has 7 nitrogen and oxygen atoms in total. The van der Waals surface area contributed by atoms with Crippen molar-refractivity contribution in [3.63, 3.8) is 0 Å². The minimum atomic E-state index is -0.504. The molecule has 7 heteroatoms. The van der Waals surface area contributed by atoms with Crippen molar-refractivity contribution < 1.29 is 23.8 Å². The Hall–Kier alpha value is -4.26. The molecule has 2 N–H and O–H groups in total. The first-order chi connectivity index (χ1) is 15.6. The van der Waals surface area contributed by atoms with E-state index in [1.54, 1.807) is 36.4 Å². The van der Waals surface area contributed by atoms with E-state index in [1.165, 1.54) is 20.3 Å². The molecule has 0 atom stereocenters. The van der Waals surface area contributed by atoms with Gasteiger partial charge in [-0.15, -0.1) is 0 Å². The van der Waals surface area contributed by atoms with E-state index in [9.17, 15) is 9.59 Å². The van der Waals surface area contributed by atoms with Crippen molar-refractivity contribution in [2.75, 3.05) is 20.8 Å². The zero-order chi connectivity index (χ0) is 22.8. The van der Waals surface area contributed by atoms with E-state index in [0.717, 1.165) is 11.1 Å². The van der Waals surface area contributed by atoms with Crippen molar-refractivity contribution in [2.45, 2.75) is 0 Å².